The van der Waals surface area contributed by atoms with Gasteiger partial charge in [-0.3, -0.25) is 4.79 Å². The van der Waals surface area contributed by atoms with Gasteiger partial charge in [-0.2, -0.15) is 0 Å². The van der Waals surface area contributed by atoms with Crippen LogP contribution in [-0.2, 0) is 4.74 Å². The molecule has 1 aliphatic heterocycles. The summed E-state index contributed by atoms with van der Waals surface area (Å²) in [5.74, 6) is 0.639. The quantitative estimate of drug-likeness (QED) is 0.794. The Morgan fingerprint density at radius 1 is 1.50 bits per heavy atom. The van der Waals surface area contributed by atoms with Gasteiger partial charge in [0, 0.05) is 26.3 Å². The van der Waals surface area contributed by atoms with E-state index in [1.807, 2.05) is 0 Å². The van der Waals surface area contributed by atoms with Crippen molar-refractivity contribution in [2.45, 2.75) is 0 Å². The third kappa shape index (κ3) is 2.14. The van der Waals surface area contributed by atoms with Gasteiger partial charge in [-0.15, -0.1) is 0 Å². The first-order valence-corrected chi connectivity index (χ1v) is 5.32. The molecule has 1 aromatic heterocycles. The van der Waals surface area contributed by atoms with Crippen molar-refractivity contribution in [3.05, 3.63) is 23.9 Å². The fraction of sp³-hybridized carbons (Fsp3) is 0.455. The van der Waals surface area contributed by atoms with Crippen molar-refractivity contribution in [3.8, 4) is 0 Å². The number of carbonyl (C=O) groups is 1. The van der Waals surface area contributed by atoms with Gasteiger partial charge < -0.3 is 15.0 Å². The summed E-state index contributed by atoms with van der Waals surface area (Å²) in [4.78, 5) is 18.1. The number of nitrogens with one attached hydrogen (secondary N) is 1. The highest BCUT2D eigenvalue weighted by Gasteiger charge is 2.20. The van der Waals surface area contributed by atoms with Gasteiger partial charge in [0.25, 0.3) is 5.91 Å². The van der Waals surface area contributed by atoms with Gasteiger partial charge in [0.15, 0.2) is 0 Å². The summed E-state index contributed by atoms with van der Waals surface area (Å²) in [6.45, 7) is 2.52. The molecule has 1 aliphatic rings. The fourth-order valence-corrected chi connectivity index (χ4v) is 1.71. The lowest BCUT2D eigenvalue weighted by molar-refractivity contribution is 0.0303. The minimum Gasteiger partial charge on any atom is -0.378 e. The van der Waals surface area contributed by atoms with Crippen LogP contribution in [0.4, 0.5) is 5.82 Å². The number of aromatic nitrogens is 1. The van der Waals surface area contributed by atoms with E-state index in [1.54, 1.807) is 30.3 Å². The summed E-state index contributed by atoms with van der Waals surface area (Å²) in [5.41, 5.74) is 0.618. The summed E-state index contributed by atoms with van der Waals surface area (Å²) in [5, 5.41) is 2.93. The maximum atomic E-state index is 12.2. The molecule has 0 atom stereocenters. The molecule has 16 heavy (non-hydrogen) atoms. The number of pyridine rings is 1. The molecule has 1 amide bonds. The number of hydrogen-bond donors (Lipinski definition) is 1. The molecule has 0 radical (unpaired) electrons. The van der Waals surface area contributed by atoms with Crippen LogP contribution in [-0.4, -0.2) is 49.1 Å². The van der Waals surface area contributed by atoms with E-state index in [-0.39, 0.29) is 5.91 Å². The molecular formula is C11H15N3O2. The minimum atomic E-state index is 0.0146. The van der Waals surface area contributed by atoms with Gasteiger partial charge in [0.2, 0.25) is 0 Å². The molecule has 2 heterocycles. The molecule has 86 valence electrons. The van der Waals surface area contributed by atoms with Crippen LogP contribution in [0.1, 0.15) is 10.4 Å². The lowest BCUT2D eigenvalue weighted by Crippen LogP contribution is -2.40. The molecule has 5 heteroatoms. The number of ether oxygens (including phenoxy) is 1. The highest BCUT2D eigenvalue weighted by Crippen LogP contribution is 2.14. The van der Waals surface area contributed by atoms with E-state index in [9.17, 15) is 4.79 Å². The summed E-state index contributed by atoms with van der Waals surface area (Å²) < 4.78 is 5.22. The monoisotopic (exact) mass is 221 g/mol. The van der Waals surface area contributed by atoms with Crippen molar-refractivity contribution in [2.75, 3.05) is 38.7 Å². The average Bonchev–Trinajstić information content (AvgIpc) is 2.39. The van der Waals surface area contributed by atoms with E-state index < -0.39 is 0 Å². The van der Waals surface area contributed by atoms with Gasteiger partial charge in [0.05, 0.1) is 18.8 Å². The van der Waals surface area contributed by atoms with E-state index in [4.69, 9.17) is 4.74 Å². The van der Waals surface area contributed by atoms with Gasteiger partial charge in [0.1, 0.15) is 5.82 Å². The van der Waals surface area contributed by atoms with Crippen molar-refractivity contribution < 1.29 is 9.53 Å². The number of hydrogen-bond acceptors (Lipinski definition) is 4. The van der Waals surface area contributed by atoms with E-state index in [0.29, 0.717) is 37.7 Å². The molecular weight excluding hydrogens is 206 g/mol. The Hall–Kier alpha value is -1.62. The van der Waals surface area contributed by atoms with Crippen molar-refractivity contribution in [1.82, 2.24) is 9.88 Å². The highest BCUT2D eigenvalue weighted by atomic mass is 16.5. The maximum absolute atomic E-state index is 12.2. The SMILES string of the molecule is CNc1ncccc1C(=O)N1CCOCC1. The zero-order chi connectivity index (χ0) is 11.4. The van der Waals surface area contributed by atoms with Crippen molar-refractivity contribution in [3.63, 3.8) is 0 Å². The first-order chi connectivity index (χ1) is 7.83. The maximum Gasteiger partial charge on any atom is 0.257 e. The van der Waals surface area contributed by atoms with Crippen LogP contribution in [0, 0.1) is 0 Å². The minimum absolute atomic E-state index is 0.0146. The van der Waals surface area contributed by atoms with E-state index in [1.165, 1.54) is 0 Å². The van der Waals surface area contributed by atoms with Crippen molar-refractivity contribution in [1.29, 1.82) is 0 Å². The molecule has 0 bridgehead atoms. The topological polar surface area (TPSA) is 54.5 Å². The first kappa shape index (κ1) is 10.9. The molecule has 0 aliphatic carbocycles. The second-order valence-corrected chi connectivity index (χ2v) is 3.55. The third-order valence-electron chi connectivity index (χ3n) is 2.57. The summed E-state index contributed by atoms with van der Waals surface area (Å²) in [6.07, 6.45) is 1.67. The standard InChI is InChI=1S/C11H15N3O2/c1-12-10-9(3-2-4-13-10)11(15)14-5-7-16-8-6-14/h2-4H,5-8H2,1H3,(H,12,13). The summed E-state index contributed by atoms with van der Waals surface area (Å²) >= 11 is 0. The molecule has 1 saturated heterocycles. The number of carbonyl (C=O) groups excluding carboxylic acids is 1. The van der Waals surface area contributed by atoms with E-state index >= 15 is 0 Å². The smallest absolute Gasteiger partial charge is 0.257 e. The van der Waals surface area contributed by atoms with Crippen LogP contribution < -0.4 is 5.32 Å². The lowest BCUT2D eigenvalue weighted by Gasteiger charge is -2.27. The van der Waals surface area contributed by atoms with Crippen molar-refractivity contribution in [2.24, 2.45) is 0 Å². The van der Waals surface area contributed by atoms with Crippen molar-refractivity contribution >= 4 is 11.7 Å². The van der Waals surface area contributed by atoms with Crippen LogP contribution in [0.15, 0.2) is 18.3 Å². The van der Waals surface area contributed by atoms with Crippen LogP contribution >= 0.6 is 0 Å². The Morgan fingerprint density at radius 2 is 2.25 bits per heavy atom. The normalized spacial score (nSPS) is 15.9. The number of nitrogens with zero attached hydrogens (tertiary/aromatic N) is 2. The Kier molecular flexibility index (Phi) is 3.36. The number of rotatable bonds is 2. The largest absolute Gasteiger partial charge is 0.378 e. The third-order valence-corrected chi connectivity index (χ3v) is 2.57. The summed E-state index contributed by atoms with van der Waals surface area (Å²) in [7, 11) is 1.76. The van der Waals surface area contributed by atoms with Crippen LogP contribution in [0.2, 0.25) is 0 Å². The van der Waals surface area contributed by atoms with E-state index in [2.05, 4.69) is 10.3 Å². The number of anilines is 1. The zero-order valence-corrected chi connectivity index (χ0v) is 9.27. The fourth-order valence-electron chi connectivity index (χ4n) is 1.71. The predicted molar refractivity (Wildman–Crippen MR) is 60.5 cm³/mol. The molecule has 5 nitrogen and oxygen atoms in total. The number of morpholine rings is 1. The lowest BCUT2D eigenvalue weighted by atomic mass is 10.2. The van der Waals surface area contributed by atoms with Gasteiger partial charge in [-0.1, -0.05) is 0 Å². The van der Waals surface area contributed by atoms with Crippen LogP contribution in [0.5, 0.6) is 0 Å². The van der Waals surface area contributed by atoms with Crippen LogP contribution in [0.25, 0.3) is 0 Å². The predicted octanol–water partition coefficient (Wildman–Crippen LogP) is 0.596. The Balaban J connectivity index is 2.19. The average molecular weight is 221 g/mol. The van der Waals surface area contributed by atoms with Gasteiger partial charge in [-0.05, 0) is 12.1 Å². The Morgan fingerprint density at radius 3 is 2.94 bits per heavy atom. The first-order valence-electron chi connectivity index (χ1n) is 5.32. The highest BCUT2D eigenvalue weighted by molar-refractivity contribution is 5.98. The Bertz CT molecular complexity index is 375. The molecule has 0 unspecified atom stereocenters. The zero-order valence-electron chi connectivity index (χ0n) is 9.27. The van der Waals surface area contributed by atoms with Crippen LogP contribution in [0.3, 0.4) is 0 Å². The number of amides is 1. The molecule has 1 N–H and O–H groups in total. The second-order valence-electron chi connectivity index (χ2n) is 3.55. The molecule has 0 aromatic carbocycles. The molecule has 1 fully saturated rings. The second kappa shape index (κ2) is 4.94. The molecule has 0 saturated carbocycles. The summed E-state index contributed by atoms with van der Waals surface area (Å²) in [6, 6.07) is 3.56. The van der Waals surface area contributed by atoms with E-state index in [0.717, 1.165) is 0 Å². The molecule has 1 aromatic rings. The molecule has 2 rings (SSSR count). The Labute approximate surface area is 94.4 Å². The van der Waals surface area contributed by atoms with Gasteiger partial charge >= 0.3 is 0 Å². The molecule has 0 spiro atoms. The van der Waals surface area contributed by atoms with Gasteiger partial charge in [-0.25, -0.2) is 4.98 Å².